The Hall–Kier alpha value is -2.42. The van der Waals surface area contributed by atoms with E-state index in [2.05, 4.69) is 0 Å². The molecule has 0 aliphatic rings. The minimum atomic E-state index is -4.57. The summed E-state index contributed by atoms with van der Waals surface area (Å²) in [6.45, 7) is 0. The van der Waals surface area contributed by atoms with E-state index in [1.807, 2.05) is 0 Å². The smallest absolute Gasteiger partial charge is 0.416 e. The molecular weight excluding hydrogens is 412 g/mol. The first-order valence-corrected chi connectivity index (χ1v) is 8.89. The molecule has 2 rings (SSSR count). The number of halogens is 4. The van der Waals surface area contributed by atoms with Crippen molar-refractivity contribution in [1.82, 2.24) is 0 Å². The molecule has 2 aromatic rings. The van der Waals surface area contributed by atoms with Crippen LogP contribution in [0.3, 0.4) is 0 Å². The zero-order valence-corrected chi connectivity index (χ0v) is 15.2. The number of hydrogen-bond donors (Lipinski definition) is 0. The lowest BCUT2D eigenvalue weighted by Crippen LogP contribution is -2.19. The fourth-order valence-corrected chi connectivity index (χ4v) is 2.88. The zero-order chi connectivity index (χ0) is 20.4. The normalized spacial score (nSPS) is 11.9. The van der Waals surface area contributed by atoms with Gasteiger partial charge in [0.05, 0.1) is 15.5 Å². The van der Waals surface area contributed by atoms with E-state index in [1.165, 1.54) is 19.2 Å². The average Bonchev–Trinajstić information content (AvgIpc) is 2.54. The van der Waals surface area contributed by atoms with E-state index < -0.39 is 31.0 Å². The first-order valence-electron chi connectivity index (χ1n) is 7.15. The van der Waals surface area contributed by atoms with E-state index in [-0.39, 0.29) is 27.9 Å². The Balaban J connectivity index is 2.37. The molecule has 27 heavy (non-hydrogen) atoms. The maximum atomic E-state index is 12.7. The number of benzene rings is 2. The van der Waals surface area contributed by atoms with Crippen molar-refractivity contribution < 1.29 is 32.3 Å². The molecule has 0 bridgehead atoms. The van der Waals surface area contributed by atoms with Crippen LogP contribution in [0.25, 0.3) is 0 Å². The van der Waals surface area contributed by atoms with Crippen LogP contribution in [0.5, 0.6) is 11.5 Å². The molecule has 7 nitrogen and oxygen atoms in total. The van der Waals surface area contributed by atoms with Crippen LogP contribution in [0.1, 0.15) is 5.56 Å². The topological polar surface area (TPSA) is 95.7 Å². The fraction of sp³-hybridized carbons (Fsp3) is 0.200. The monoisotopic (exact) mass is 422 g/mol. The molecule has 12 heteroatoms. The molecule has 0 heterocycles. The van der Waals surface area contributed by atoms with Gasteiger partial charge in [-0.3, -0.25) is 10.1 Å². The molecule has 0 radical (unpaired) electrons. The molecule has 0 spiro atoms. The predicted molar refractivity (Wildman–Crippen MR) is 90.5 cm³/mol. The zero-order valence-electron chi connectivity index (χ0n) is 13.6. The molecule has 0 saturated heterocycles. The maximum Gasteiger partial charge on any atom is 0.416 e. The summed E-state index contributed by atoms with van der Waals surface area (Å²) in [4.78, 5) is 22.4. The van der Waals surface area contributed by atoms with Crippen molar-refractivity contribution >= 4 is 31.0 Å². The highest BCUT2D eigenvalue weighted by Crippen LogP contribution is 2.38. The van der Waals surface area contributed by atoms with Crippen LogP contribution >= 0.6 is 19.6 Å². The van der Waals surface area contributed by atoms with E-state index in [0.29, 0.717) is 6.07 Å². The number of alkyl halides is 3. The molecule has 0 fully saturated rings. The van der Waals surface area contributed by atoms with Gasteiger partial charge in [0.25, 0.3) is 5.69 Å². The molecule has 144 valence electrons. The van der Waals surface area contributed by atoms with Crippen molar-refractivity contribution in [1.29, 1.82) is 0 Å². The number of nitro groups is 1. The summed E-state index contributed by atoms with van der Waals surface area (Å²) < 4.78 is 54.3. The average molecular weight is 423 g/mol. The van der Waals surface area contributed by atoms with Gasteiger partial charge in [0.2, 0.25) is 6.29 Å². The van der Waals surface area contributed by atoms with Gasteiger partial charge in [0.1, 0.15) is 17.2 Å². The van der Waals surface area contributed by atoms with E-state index in [9.17, 15) is 32.7 Å². The van der Waals surface area contributed by atoms with Crippen LogP contribution in [-0.4, -0.2) is 18.3 Å². The fourth-order valence-electron chi connectivity index (χ4n) is 2.16. The Morgan fingerprint density at radius 3 is 2.44 bits per heavy atom. The molecule has 0 N–H and O–H groups in total. The number of rotatable bonds is 6. The molecule has 0 amide bonds. The van der Waals surface area contributed by atoms with Gasteiger partial charge in [-0.2, -0.15) is 13.2 Å². The molecule has 0 aliphatic carbocycles. The number of ether oxygens (including phenoxy) is 1. The van der Waals surface area contributed by atoms with Gasteiger partial charge >= 0.3 is 14.2 Å². The molecular formula is C15H11ClF3N2O5P. The molecule has 1 unspecified atom stereocenters. The van der Waals surface area contributed by atoms with Crippen molar-refractivity contribution in [2.24, 2.45) is 0 Å². The first-order chi connectivity index (χ1) is 12.5. The lowest BCUT2D eigenvalue weighted by molar-refractivity contribution is -0.384. The highest BCUT2D eigenvalue weighted by Gasteiger charge is 2.31. The van der Waals surface area contributed by atoms with Gasteiger partial charge in [-0.25, -0.2) is 0 Å². The van der Waals surface area contributed by atoms with Crippen molar-refractivity contribution in [3.8, 4) is 11.5 Å². The van der Waals surface area contributed by atoms with Crippen LogP contribution in [0.15, 0.2) is 36.4 Å². The SMILES string of the molecule is CN(C[P+](=O)[O-])c1cc(Oc2ccc(C(F)(F)F)cc2Cl)ccc1[N+](=O)[O-]. The highest BCUT2D eigenvalue weighted by atomic mass is 35.5. The van der Waals surface area contributed by atoms with Crippen LogP contribution in [-0.2, 0) is 10.7 Å². The Morgan fingerprint density at radius 2 is 1.93 bits per heavy atom. The second-order valence-electron chi connectivity index (χ2n) is 5.32. The van der Waals surface area contributed by atoms with E-state index >= 15 is 0 Å². The van der Waals surface area contributed by atoms with Gasteiger partial charge in [0.15, 0.2) is 0 Å². The van der Waals surface area contributed by atoms with Gasteiger partial charge in [-0.1, -0.05) is 16.2 Å². The summed E-state index contributed by atoms with van der Waals surface area (Å²) in [5, 5.41) is 10.8. The van der Waals surface area contributed by atoms with Crippen LogP contribution < -0.4 is 14.5 Å². The van der Waals surface area contributed by atoms with Crippen molar-refractivity contribution in [2.45, 2.75) is 6.18 Å². The number of hydrogen-bond acceptors (Lipinski definition) is 6. The predicted octanol–water partition coefficient (Wildman–Crippen LogP) is 4.56. The molecule has 0 aliphatic heterocycles. The minimum absolute atomic E-state index is 0.0326. The second kappa shape index (κ2) is 8.08. The number of anilines is 1. The third-order valence-corrected chi connectivity index (χ3v) is 4.32. The Labute approximate surface area is 156 Å². The van der Waals surface area contributed by atoms with Crippen molar-refractivity contribution in [3.05, 3.63) is 57.1 Å². The van der Waals surface area contributed by atoms with Gasteiger partial charge < -0.3 is 14.5 Å². The highest BCUT2D eigenvalue weighted by molar-refractivity contribution is 7.36. The Kier molecular flexibility index (Phi) is 6.25. The first kappa shape index (κ1) is 20.9. The molecule has 2 aromatic carbocycles. The maximum absolute atomic E-state index is 12.7. The summed E-state index contributed by atoms with van der Waals surface area (Å²) in [5.74, 6) is -0.0627. The lowest BCUT2D eigenvalue weighted by atomic mass is 10.2. The lowest BCUT2D eigenvalue weighted by Gasteiger charge is -2.16. The van der Waals surface area contributed by atoms with Gasteiger partial charge in [-0.15, -0.1) is 0 Å². The van der Waals surface area contributed by atoms with Crippen LogP contribution in [0.2, 0.25) is 5.02 Å². The van der Waals surface area contributed by atoms with E-state index in [0.717, 1.165) is 23.1 Å². The van der Waals surface area contributed by atoms with Crippen LogP contribution in [0.4, 0.5) is 24.5 Å². The second-order valence-corrected chi connectivity index (χ2v) is 6.68. The van der Waals surface area contributed by atoms with Gasteiger partial charge in [0, 0.05) is 19.2 Å². The Bertz CT molecular complexity index is 894. The van der Waals surface area contributed by atoms with Crippen molar-refractivity contribution in [2.75, 3.05) is 18.2 Å². The third kappa shape index (κ3) is 5.29. The van der Waals surface area contributed by atoms with Crippen molar-refractivity contribution in [3.63, 3.8) is 0 Å². The standard InChI is InChI=1S/C15H11ClF3N2O5P/c1-20(8-27(24)25)13-7-10(3-4-12(13)21(22)23)26-14-5-2-9(6-11(14)16)15(17,18)19/h2-7H,8H2,1H3. The summed E-state index contributed by atoms with van der Waals surface area (Å²) in [6, 6.07) is 6.01. The van der Waals surface area contributed by atoms with Crippen LogP contribution in [0, 0.1) is 10.1 Å². The summed E-state index contributed by atoms with van der Waals surface area (Å²) in [6.07, 6.45) is -5.04. The summed E-state index contributed by atoms with van der Waals surface area (Å²) in [5.41, 5.74) is -1.36. The molecule has 0 aromatic heterocycles. The molecule has 1 atom stereocenters. The van der Waals surface area contributed by atoms with Gasteiger partial charge in [-0.05, 0) is 24.3 Å². The van der Waals surface area contributed by atoms with E-state index in [4.69, 9.17) is 16.3 Å². The minimum Gasteiger partial charge on any atom is -0.594 e. The van der Waals surface area contributed by atoms with E-state index in [1.54, 1.807) is 0 Å². The third-order valence-electron chi connectivity index (χ3n) is 3.37. The summed E-state index contributed by atoms with van der Waals surface area (Å²) in [7, 11) is -1.50. The summed E-state index contributed by atoms with van der Waals surface area (Å²) >= 11 is 5.81. The Morgan fingerprint density at radius 1 is 1.26 bits per heavy atom. The quantitative estimate of drug-likeness (QED) is 0.385. The number of nitrogens with zero attached hydrogens (tertiary/aromatic N) is 2. The molecule has 0 saturated carbocycles. The largest absolute Gasteiger partial charge is 0.594 e. The number of nitro benzene ring substituents is 1.